The van der Waals surface area contributed by atoms with E-state index in [0.717, 1.165) is 19.4 Å². The third-order valence-electron chi connectivity index (χ3n) is 3.69. The van der Waals surface area contributed by atoms with Gasteiger partial charge in [-0.05, 0) is 25.0 Å². The smallest absolute Gasteiger partial charge is 0.337 e. The Kier molecular flexibility index (Phi) is 4.12. The fourth-order valence-electron chi connectivity index (χ4n) is 2.63. The van der Waals surface area contributed by atoms with Crippen LogP contribution in [-0.4, -0.2) is 37.1 Å². The van der Waals surface area contributed by atoms with Gasteiger partial charge in [0, 0.05) is 20.1 Å². The second-order valence-corrected chi connectivity index (χ2v) is 4.94. The Labute approximate surface area is 117 Å². The molecule has 0 radical (unpaired) electrons. The highest BCUT2D eigenvalue weighted by molar-refractivity contribution is 5.97. The molecule has 0 bridgehead atoms. The quantitative estimate of drug-likeness (QED) is 0.714. The number of amides is 1. The molecule has 0 aliphatic carbocycles. The number of nitrogens with zero attached hydrogens (tertiary/aromatic N) is 1. The molecule has 6 heteroatoms. The number of aromatic carboxylic acids is 1. The molecular formula is C14H19N3O3. The van der Waals surface area contributed by atoms with Crippen LogP contribution in [0.15, 0.2) is 18.2 Å². The molecule has 1 amide bonds. The number of carboxylic acid groups (broad SMARTS) is 1. The number of carbonyl (C=O) groups is 2. The van der Waals surface area contributed by atoms with Gasteiger partial charge in [-0.3, -0.25) is 4.79 Å². The first-order valence-electron chi connectivity index (χ1n) is 6.63. The molecule has 1 aliphatic heterocycles. The summed E-state index contributed by atoms with van der Waals surface area (Å²) in [6.45, 7) is 1.34. The van der Waals surface area contributed by atoms with Crippen molar-refractivity contribution in [3.05, 3.63) is 23.8 Å². The fraction of sp³-hybridized carbons (Fsp3) is 0.429. The van der Waals surface area contributed by atoms with Crippen LogP contribution < -0.4 is 16.0 Å². The van der Waals surface area contributed by atoms with Crippen molar-refractivity contribution in [2.24, 2.45) is 5.92 Å². The van der Waals surface area contributed by atoms with E-state index in [-0.39, 0.29) is 23.1 Å². The van der Waals surface area contributed by atoms with Crippen molar-refractivity contribution in [2.75, 3.05) is 30.8 Å². The van der Waals surface area contributed by atoms with Gasteiger partial charge >= 0.3 is 5.97 Å². The summed E-state index contributed by atoms with van der Waals surface area (Å²) in [5.74, 6) is -1.10. The van der Waals surface area contributed by atoms with Crippen LogP contribution in [0, 0.1) is 5.92 Å². The van der Waals surface area contributed by atoms with Gasteiger partial charge in [-0.25, -0.2) is 4.79 Å². The number of hydrogen-bond donors (Lipinski definition) is 3. The number of carboxylic acids is 1. The second-order valence-electron chi connectivity index (χ2n) is 4.94. The maximum absolute atomic E-state index is 11.7. The minimum atomic E-state index is -1.04. The van der Waals surface area contributed by atoms with Crippen LogP contribution in [0.5, 0.6) is 0 Å². The molecule has 1 heterocycles. The molecule has 1 fully saturated rings. The summed E-state index contributed by atoms with van der Waals surface area (Å²) in [6.07, 6.45) is 1.73. The van der Waals surface area contributed by atoms with Crippen molar-refractivity contribution < 1.29 is 14.7 Å². The minimum Gasteiger partial charge on any atom is -0.478 e. The van der Waals surface area contributed by atoms with E-state index >= 15 is 0 Å². The molecule has 0 aromatic heterocycles. The zero-order valence-electron chi connectivity index (χ0n) is 11.4. The molecule has 0 saturated carbocycles. The number of hydrogen-bond acceptors (Lipinski definition) is 4. The Morgan fingerprint density at radius 2 is 2.20 bits per heavy atom. The molecule has 1 aromatic carbocycles. The molecule has 4 N–H and O–H groups in total. The molecule has 1 aliphatic rings. The van der Waals surface area contributed by atoms with Crippen molar-refractivity contribution in [3.63, 3.8) is 0 Å². The number of para-hydroxylation sites is 1. The monoisotopic (exact) mass is 277 g/mol. The number of piperidine rings is 1. The maximum Gasteiger partial charge on any atom is 0.337 e. The van der Waals surface area contributed by atoms with Crippen molar-refractivity contribution >= 4 is 23.3 Å². The number of nitrogens with one attached hydrogen (secondary N) is 1. The summed E-state index contributed by atoms with van der Waals surface area (Å²) < 4.78 is 0. The van der Waals surface area contributed by atoms with Gasteiger partial charge in [0.15, 0.2) is 0 Å². The third kappa shape index (κ3) is 2.68. The molecule has 108 valence electrons. The number of rotatable bonds is 3. The summed E-state index contributed by atoms with van der Waals surface area (Å²) >= 11 is 0. The minimum absolute atomic E-state index is 0.0164. The van der Waals surface area contributed by atoms with Gasteiger partial charge in [-0.2, -0.15) is 0 Å². The highest BCUT2D eigenvalue weighted by Crippen LogP contribution is 2.30. The number of carbonyl (C=O) groups excluding carboxylic acids is 1. The molecule has 1 atom stereocenters. The first-order chi connectivity index (χ1) is 9.54. The number of anilines is 2. The highest BCUT2D eigenvalue weighted by Gasteiger charge is 2.26. The Bertz CT molecular complexity index is 530. The molecule has 1 saturated heterocycles. The van der Waals surface area contributed by atoms with Crippen LogP contribution in [0.4, 0.5) is 11.4 Å². The van der Waals surface area contributed by atoms with Crippen LogP contribution >= 0.6 is 0 Å². The number of nitrogens with two attached hydrogens (primary N) is 1. The highest BCUT2D eigenvalue weighted by atomic mass is 16.4. The summed E-state index contributed by atoms with van der Waals surface area (Å²) in [5.41, 5.74) is 7.00. The fourth-order valence-corrected chi connectivity index (χ4v) is 2.63. The normalized spacial score (nSPS) is 18.6. The van der Waals surface area contributed by atoms with E-state index < -0.39 is 5.97 Å². The van der Waals surface area contributed by atoms with Crippen molar-refractivity contribution in [1.82, 2.24) is 5.32 Å². The summed E-state index contributed by atoms with van der Waals surface area (Å²) in [7, 11) is 1.63. The first-order valence-corrected chi connectivity index (χ1v) is 6.63. The van der Waals surface area contributed by atoms with Crippen molar-refractivity contribution in [3.8, 4) is 0 Å². The molecule has 20 heavy (non-hydrogen) atoms. The predicted octanol–water partition coefficient (Wildman–Crippen LogP) is 0.929. The maximum atomic E-state index is 11.7. The van der Waals surface area contributed by atoms with Gasteiger partial charge in [0.2, 0.25) is 5.91 Å². The van der Waals surface area contributed by atoms with Crippen LogP contribution in [0.3, 0.4) is 0 Å². The largest absolute Gasteiger partial charge is 0.478 e. The van der Waals surface area contributed by atoms with Gasteiger partial charge in [0.05, 0.1) is 22.9 Å². The van der Waals surface area contributed by atoms with Gasteiger partial charge in [-0.1, -0.05) is 6.07 Å². The number of benzene rings is 1. The lowest BCUT2D eigenvalue weighted by Gasteiger charge is -2.34. The standard InChI is InChI=1S/C14H19N3O3/c1-16-13(18)9-4-3-7-17(8-9)11-6-2-5-10(12(11)15)14(19)20/h2,5-6,9H,3-4,7-8,15H2,1H3,(H,16,18)(H,19,20). The SMILES string of the molecule is CNC(=O)C1CCCN(c2cccc(C(=O)O)c2N)C1. The van der Waals surface area contributed by atoms with Crippen LogP contribution in [-0.2, 0) is 4.79 Å². The molecular weight excluding hydrogens is 258 g/mol. The van der Waals surface area contributed by atoms with Gasteiger partial charge in [0.1, 0.15) is 0 Å². The van der Waals surface area contributed by atoms with Crippen molar-refractivity contribution in [1.29, 1.82) is 0 Å². The lowest BCUT2D eigenvalue weighted by Crippen LogP contribution is -2.42. The number of nitrogen functional groups attached to an aromatic ring is 1. The Hall–Kier alpha value is -2.24. The van der Waals surface area contributed by atoms with E-state index in [0.29, 0.717) is 12.2 Å². The van der Waals surface area contributed by atoms with Crippen LogP contribution in [0.1, 0.15) is 23.2 Å². The summed E-state index contributed by atoms with van der Waals surface area (Å²) in [6, 6.07) is 4.97. The van der Waals surface area contributed by atoms with Gasteiger partial charge < -0.3 is 21.1 Å². The van der Waals surface area contributed by atoms with Crippen LogP contribution in [0.25, 0.3) is 0 Å². The summed E-state index contributed by atoms with van der Waals surface area (Å²) in [5, 5.41) is 11.8. The van der Waals surface area contributed by atoms with E-state index in [1.54, 1.807) is 19.2 Å². The topological polar surface area (TPSA) is 95.7 Å². The van der Waals surface area contributed by atoms with Crippen LogP contribution in [0.2, 0.25) is 0 Å². The van der Waals surface area contributed by atoms with E-state index in [1.807, 2.05) is 4.90 Å². The first kappa shape index (κ1) is 14.2. The zero-order chi connectivity index (χ0) is 14.7. The lowest BCUT2D eigenvalue weighted by atomic mass is 9.96. The molecule has 0 spiro atoms. The second kappa shape index (κ2) is 5.81. The summed E-state index contributed by atoms with van der Waals surface area (Å²) in [4.78, 5) is 24.8. The molecule has 1 unspecified atom stereocenters. The predicted molar refractivity (Wildman–Crippen MR) is 76.8 cm³/mol. The molecule has 1 aromatic rings. The van der Waals surface area contributed by atoms with Crippen molar-refractivity contribution in [2.45, 2.75) is 12.8 Å². The average Bonchev–Trinajstić information content (AvgIpc) is 2.46. The van der Waals surface area contributed by atoms with E-state index in [4.69, 9.17) is 10.8 Å². The average molecular weight is 277 g/mol. The molecule has 6 nitrogen and oxygen atoms in total. The van der Waals surface area contributed by atoms with Gasteiger partial charge in [-0.15, -0.1) is 0 Å². The zero-order valence-corrected chi connectivity index (χ0v) is 11.4. The Morgan fingerprint density at radius 1 is 1.45 bits per heavy atom. The Morgan fingerprint density at radius 3 is 2.85 bits per heavy atom. The van der Waals surface area contributed by atoms with E-state index in [2.05, 4.69) is 5.32 Å². The Balaban J connectivity index is 2.25. The van der Waals surface area contributed by atoms with Gasteiger partial charge in [0.25, 0.3) is 0 Å². The van der Waals surface area contributed by atoms with E-state index in [1.165, 1.54) is 6.07 Å². The van der Waals surface area contributed by atoms with E-state index in [9.17, 15) is 9.59 Å². The lowest BCUT2D eigenvalue weighted by molar-refractivity contribution is -0.124. The molecule has 2 rings (SSSR count). The third-order valence-corrected chi connectivity index (χ3v) is 3.69.